The number of nitrogens with two attached hydrogens (primary N) is 1. The summed E-state index contributed by atoms with van der Waals surface area (Å²) in [5.41, 5.74) is 5.92. The van der Waals surface area contributed by atoms with Gasteiger partial charge in [0.15, 0.2) is 0 Å². The minimum Gasteiger partial charge on any atom is -0.339 e. The average Bonchev–Trinajstić information content (AvgIpc) is 2.61. The summed E-state index contributed by atoms with van der Waals surface area (Å²) < 4.78 is 0. The summed E-state index contributed by atoms with van der Waals surface area (Å²) in [6, 6.07) is 0.0816. The Balaban J connectivity index is 2.55. The van der Waals surface area contributed by atoms with Gasteiger partial charge in [0.25, 0.3) is 0 Å². The van der Waals surface area contributed by atoms with Crippen LogP contribution in [0.25, 0.3) is 0 Å². The van der Waals surface area contributed by atoms with Crippen LogP contribution in [0, 0.1) is 5.92 Å². The molecule has 1 heterocycles. The molecule has 3 unspecified atom stereocenters. The Hall–Kier alpha value is -0.570. The topological polar surface area (TPSA) is 46.3 Å². The highest BCUT2D eigenvalue weighted by atomic mass is 16.2. The normalized spacial score (nSPS) is 26.3. The fraction of sp³-hybridized carbons (Fsp3) is 0.909. The van der Waals surface area contributed by atoms with Crippen LogP contribution in [0.5, 0.6) is 0 Å². The number of rotatable bonds is 3. The van der Waals surface area contributed by atoms with Gasteiger partial charge >= 0.3 is 0 Å². The van der Waals surface area contributed by atoms with Gasteiger partial charge in [-0.25, -0.2) is 0 Å². The van der Waals surface area contributed by atoms with Gasteiger partial charge in [-0.05, 0) is 25.7 Å². The molecule has 1 amide bonds. The molecule has 1 saturated heterocycles. The van der Waals surface area contributed by atoms with E-state index in [1.54, 1.807) is 0 Å². The maximum absolute atomic E-state index is 12.0. The zero-order valence-electron chi connectivity index (χ0n) is 9.49. The smallest absolute Gasteiger partial charge is 0.239 e. The molecule has 2 N–H and O–H groups in total. The molecule has 82 valence electrons. The Morgan fingerprint density at radius 2 is 2.29 bits per heavy atom. The summed E-state index contributed by atoms with van der Waals surface area (Å²) in [6.07, 6.45) is 3.22. The molecular formula is C11H22N2O. The van der Waals surface area contributed by atoms with Gasteiger partial charge in [0.05, 0.1) is 6.04 Å². The lowest BCUT2D eigenvalue weighted by Crippen LogP contribution is -2.48. The number of likely N-dealkylation sites (tertiary alicyclic amines) is 1. The largest absolute Gasteiger partial charge is 0.339 e. The lowest BCUT2D eigenvalue weighted by atomic mass is 9.99. The van der Waals surface area contributed by atoms with Gasteiger partial charge in [0.1, 0.15) is 0 Å². The van der Waals surface area contributed by atoms with E-state index in [9.17, 15) is 4.79 Å². The van der Waals surface area contributed by atoms with Crippen molar-refractivity contribution in [3.63, 3.8) is 0 Å². The van der Waals surface area contributed by atoms with Crippen LogP contribution in [0.1, 0.15) is 40.0 Å². The zero-order chi connectivity index (χ0) is 10.7. The molecule has 0 aromatic heterocycles. The highest BCUT2D eigenvalue weighted by Gasteiger charge is 2.30. The molecule has 1 rings (SSSR count). The van der Waals surface area contributed by atoms with Gasteiger partial charge in [0, 0.05) is 12.6 Å². The van der Waals surface area contributed by atoms with Crippen LogP contribution in [0.2, 0.25) is 0 Å². The highest BCUT2D eigenvalue weighted by Crippen LogP contribution is 2.19. The lowest BCUT2D eigenvalue weighted by Gasteiger charge is -2.27. The summed E-state index contributed by atoms with van der Waals surface area (Å²) >= 11 is 0. The van der Waals surface area contributed by atoms with E-state index < -0.39 is 0 Å². The van der Waals surface area contributed by atoms with E-state index in [1.807, 2.05) is 11.8 Å². The SMILES string of the molecule is CCC(C)C(N)C(=O)N1CCCC1C. The average molecular weight is 198 g/mol. The van der Waals surface area contributed by atoms with Crippen molar-refractivity contribution in [2.75, 3.05) is 6.54 Å². The van der Waals surface area contributed by atoms with E-state index in [4.69, 9.17) is 5.73 Å². The van der Waals surface area contributed by atoms with E-state index in [2.05, 4.69) is 13.8 Å². The van der Waals surface area contributed by atoms with Gasteiger partial charge < -0.3 is 10.6 Å². The Bertz CT molecular complexity index is 205. The zero-order valence-corrected chi connectivity index (χ0v) is 9.49. The number of carbonyl (C=O) groups is 1. The monoisotopic (exact) mass is 198 g/mol. The molecule has 0 spiro atoms. The second kappa shape index (κ2) is 4.78. The van der Waals surface area contributed by atoms with Gasteiger partial charge in [-0.3, -0.25) is 4.79 Å². The molecule has 0 aliphatic carbocycles. The summed E-state index contributed by atoms with van der Waals surface area (Å²) in [5.74, 6) is 0.430. The van der Waals surface area contributed by atoms with Crippen molar-refractivity contribution in [2.24, 2.45) is 11.7 Å². The third-order valence-corrected chi connectivity index (χ3v) is 3.38. The third-order valence-electron chi connectivity index (χ3n) is 3.38. The van der Waals surface area contributed by atoms with E-state index in [1.165, 1.54) is 0 Å². The van der Waals surface area contributed by atoms with E-state index >= 15 is 0 Å². The van der Waals surface area contributed by atoms with Gasteiger partial charge in [-0.1, -0.05) is 20.3 Å². The first-order valence-electron chi connectivity index (χ1n) is 5.64. The summed E-state index contributed by atoms with van der Waals surface area (Å²) in [6.45, 7) is 7.12. The maximum Gasteiger partial charge on any atom is 0.239 e. The van der Waals surface area contributed by atoms with Crippen LogP contribution in [0.3, 0.4) is 0 Å². The first-order chi connectivity index (χ1) is 6.57. The van der Waals surface area contributed by atoms with Crippen LogP contribution in [0.4, 0.5) is 0 Å². The van der Waals surface area contributed by atoms with Gasteiger partial charge in [-0.2, -0.15) is 0 Å². The Morgan fingerprint density at radius 1 is 1.64 bits per heavy atom. The summed E-state index contributed by atoms with van der Waals surface area (Å²) in [7, 11) is 0. The molecule has 3 atom stereocenters. The Kier molecular flexibility index (Phi) is 3.93. The molecule has 1 aliphatic heterocycles. The second-order valence-electron chi connectivity index (χ2n) is 4.43. The van der Waals surface area contributed by atoms with Crippen LogP contribution >= 0.6 is 0 Å². The minimum absolute atomic E-state index is 0.143. The quantitative estimate of drug-likeness (QED) is 0.744. The molecular weight excluding hydrogens is 176 g/mol. The fourth-order valence-electron chi connectivity index (χ4n) is 1.95. The number of hydrogen-bond acceptors (Lipinski definition) is 2. The van der Waals surface area contributed by atoms with Crippen molar-refractivity contribution < 1.29 is 4.79 Å². The molecule has 3 heteroatoms. The number of hydrogen-bond donors (Lipinski definition) is 1. The molecule has 14 heavy (non-hydrogen) atoms. The van der Waals surface area contributed by atoms with Crippen molar-refractivity contribution >= 4 is 5.91 Å². The lowest BCUT2D eigenvalue weighted by molar-refractivity contribution is -0.134. The van der Waals surface area contributed by atoms with Crippen molar-refractivity contribution in [3.8, 4) is 0 Å². The molecule has 0 saturated carbocycles. The number of carbonyl (C=O) groups excluding carboxylic acids is 1. The molecule has 0 bridgehead atoms. The van der Waals surface area contributed by atoms with Gasteiger partial charge in [0.2, 0.25) is 5.91 Å². The Labute approximate surface area is 86.6 Å². The molecule has 0 radical (unpaired) electrons. The number of nitrogens with zero attached hydrogens (tertiary/aromatic N) is 1. The molecule has 1 aliphatic rings. The number of amides is 1. The first-order valence-corrected chi connectivity index (χ1v) is 5.64. The van der Waals surface area contributed by atoms with Gasteiger partial charge in [-0.15, -0.1) is 0 Å². The molecule has 3 nitrogen and oxygen atoms in total. The first kappa shape index (κ1) is 11.5. The molecule has 0 aromatic rings. The van der Waals surface area contributed by atoms with Crippen LogP contribution in [0.15, 0.2) is 0 Å². The maximum atomic E-state index is 12.0. The molecule has 1 fully saturated rings. The minimum atomic E-state index is -0.305. The molecule has 0 aromatic carbocycles. The van der Waals surface area contributed by atoms with E-state index in [0.717, 1.165) is 25.8 Å². The predicted octanol–water partition coefficient (Wildman–Crippen LogP) is 1.37. The predicted molar refractivity (Wildman–Crippen MR) is 57.8 cm³/mol. The van der Waals surface area contributed by atoms with Crippen LogP contribution < -0.4 is 5.73 Å². The summed E-state index contributed by atoms with van der Waals surface area (Å²) in [4.78, 5) is 13.9. The summed E-state index contributed by atoms with van der Waals surface area (Å²) in [5, 5.41) is 0. The van der Waals surface area contributed by atoms with Crippen molar-refractivity contribution in [1.29, 1.82) is 0 Å². The highest BCUT2D eigenvalue weighted by molar-refractivity contribution is 5.82. The van der Waals surface area contributed by atoms with Crippen molar-refractivity contribution in [1.82, 2.24) is 4.90 Å². The van der Waals surface area contributed by atoms with Crippen molar-refractivity contribution in [3.05, 3.63) is 0 Å². The third kappa shape index (κ3) is 2.27. The standard InChI is InChI=1S/C11H22N2O/c1-4-8(2)10(12)11(14)13-7-5-6-9(13)3/h8-10H,4-7,12H2,1-3H3. The van der Waals surface area contributed by atoms with E-state index in [0.29, 0.717) is 6.04 Å². The van der Waals surface area contributed by atoms with E-state index in [-0.39, 0.29) is 17.9 Å². The Morgan fingerprint density at radius 3 is 2.71 bits per heavy atom. The van der Waals surface area contributed by atoms with Crippen molar-refractivity contribution in [2.45, 2.75) is 52.1 Å². The second-order valence-corrected chi connectivity index (χ2v) is 4.43. The fourth-order valence-corrected chi connectivity index (χ4v) is 1.95. The van der Waals surface area contributed by atoms with Crippen LogP contribution in [-0.2, 0) is 4.79 Å². The van der Waals surface area contributed by atoms with Crippen LogP contribution in [-0.4, -0.2) is 29.4 Å².